The number of hydrogen-bond donors (Lipinski definition) is 3. The van der Waals surface area contributed by atoms with Crippen LogP contribution in [0.2, 0.25) is 5.02 Å². The zero-order valence-electron chi connectivity index (χ0n) is 16.7. The lowest BCUT2D eigenvalue weighted by Gasteiger charge is -2.26. The van der Waals surface area contributed by atoms with Gasteiger partial charge in [0.2, 0.25) is 5.95 Å². The van der Waals surface area contributed by atoms with Gasteiger partial charge in [0.25, 0.3) is 0 Å². The Morgan fingerprint density at radius 3 is 3.10 bits per heavy atom. The summed E-state index contributed by atoms with van der Waals surface area (Å²) in [5.74, 6) is 1.00. The number of anilines is 1. The molecule has 0 saturated carbocycles. The molecule has 152 valence electrons. The maximum absolute atomic E-state index is 6.44. The van der Waals surface area contributed by atoms with Crippen molar-refractivity contribution in [1.82, 2.24) is 19.9 Å². The highest BCUT2D eigenvalue weighted by Gasteiger charge is 2.26. The second kappa shape index (κ2) is 8.43. The van der Waals surface area contributed by atoms with Crippen LogP contribution in [-0.2, 0) is 0 Å². The van der Waals surface area contributed by atoms with Gasteiger partial charge in [0, 0.05) is 47.5 Å². The van der Waals surface area contributed by atoms with Gasteiger partial charge in [-0.25, -0.2) is 9.97 Å². The smallest absolute Gasteiger partial charge is 0.223 e. The molecule has 1 aliphatic rings. The Bertz CT molecular complexity index is 1010. The lowest BCUT2D eigenvalue weighted by Crippen LogP contribution is -2.28. The van der Waals surface area contributed by atoms with Crippen molar-refractivity contribution in [2.24, 2.45) is 11.7 Å². The van der Waals surface area contributed by atoms with E-state index in [0.717, 1.165) is 53.8 Å². The number of likely N-dealkylation sites (tertiary alicyclic amines) is 1. The summed E-state index contributed by atoms with van der Waals surface area (Å²) in [5.41, 5.74) is 9.63. The van der Waals surface area contributed by atoms with Crippen molar-refractivity contribution in [2.45, 2.75) is 25.8 Å². The summed E-state index contributed by atoms with van der Waals surface area (Å²) in [6.45, 7) is 9.02. The Hall–Kier alpha value is -2.57. The first-order chi connectivity index (χ1) is 14.1. The van der Waals surface area contributed by atoms with Crippen molar-refractivity contribution >= 4 is 28.5 Å². The van der Waals surface area contributed by atoms with Gasteiger partial charge in [-0.05, 0) is 31.4 Å². The number of benzene rings is 1. The Morgan fingerprint density at radius 1 is 1.45 bits per heavy atom. The zero-order valence-corrected chi connectivity index (χ0v) is 17.4. The molecule has 3 heterocycles. The Morgan fingerprint density at radius 2 is 2.28 bits per heavy atom. The molecule has 2 aromatic heterocycles. The van der Waals surface area contributed by atoms with Crippen molar-refractivity contribution in [1.29, 1.82) is 0 Å². The zero-order chi connectivity index (χ0) is 20.4. The SMILES string of the molecule is C=C(C(C)CCN)N1CC[C@@H](Nc2ncc(Cl)c(-c3c[nH]c4ccccc34)n2)C1. The molecule has 6 nitrogen and oxygen atoms in total. The van der Waals surface area contributed by atoms with Crippen LogP contribution in [0.1, 0.15) is 19.8 Å². The number of fused-ring (bicyclic) bond motifs is 1. The summed E-state index contributed by atoms with van der Waals surface area (Å²) in [5, 5.41) is 5.11. The van der Waals surface area contributed by atoms with Crippen LogP contribution < -0.4 is 11.1 Å². The van der Waals surface area contributed by atoms with Gasteiger partial charge in [-0.2, -0.15) is 0 Å². The van der Waals surface area contributed by atoms with E-state index in [1.807, 2.05) is 24.4 Å². The first-order valence-electron chi connectivity index (χ1n) is 10.1. The summed E-state index contributed by atoms with van der Waals surface area (Å²) < 4.78 is 0. The van der Waals surface area contributed by atoms with Gasteiger partial charge in [0.15, 0.2) is 0 Å². The van der Waals surface area contributed by atoms with Gasteiger partial charge >= 0.3 is 0 Å². The minimum Gasteiger partial charge on any atom is -0.373 e. The average Bonchev–Trinajstić information content (AvgIpc) is 3.36. The number of nitrogens with zero attached hydrogens (tertiary/aromatic N) is 3. The molecule has 0 spiro atoms. The molecule has 1 fully saturated rings. The quantitative estimate of drug-likeness (QED) is 0.542. The molecule has 1 aliphatic heterocycles. The number of aromatic amines is 1. The van der Waals surface area contributed by atoms with Crippen LogP contribution in [0.15, 0.2) is 48.9 Å². The van der Waals surface area contributed by atoms with Crippen LogP contribution in [0.5, 0.6) is 0 Å². The lowest BCUT2D eigenvalue weighted by molar-refractivity contribution is 0.363. The predicted molar refractivity (Wildman–Crippen MR) is 120 cm³/mol. The molecule has 3 aromatic rings. The molecular formula is C22H27ClN6. The molecule has 2 atom stereocenters. The third kappa shape index (κ3) is 4.09. The largest absolute Gasteiger partial charge is 0.373 e. The second-order valence-corrected chi connectivity index (χ2v) is 8.09. The highest BCUT2D eigenvalue weighted by Crippen LogP contribution is 2.32. The van der Waals surface area contributed by atoms with Crippen molar-refractivity contribution in [2.75, 3.05) is 25.0 Å². The predicted octanol–water partition coefficient (Wildman–Crippen LogP) is 4.26. The maximum Gasteiger partial charge on any atom is 0.223 e. The number of H-pyrrole nitrogens is 1. The fourth-order valence-corrected chi connectivity index (χ4v) is 4.14. The minimum absolute atomic E-state index is 0.272. The van der Waals surface area contributed by atoms with Gasteiger partial charge in [0.05, 0.1) is 16.9 Å². The van der Waals surface area contributed by atoms with Crippen LogP contribution in [0, 0.1) is 5.92 Å². The monoisotopic (exact) mass is 410 g/mol. The van der Waals surface area contributed by atoms with E-state index >= 15 is 0 Å². The van der Waals surface area contributed by atoms with E-state index in [-0.39, 0.29) is 6.04 Å². The van der Waals surface area contributed by atoms with Crippen molar-refractivity contribution < 1.29 is 0 Å². The van der Waals surface area contributed by atoms with Crippen molar-refractivity contribution in [3.05, 3.63) is 54.0 Å². The first-order valence-corrected chi connectivity index (χ1v) is 10.4. The molecule has 0 radical (unpaired) electrons. The van der Waals surface area contributed by atoms with Crippen LogP contribution in [-0.4, -0.2) is 45.5 Å². The number of hydrogen-bond acceptors (Lipinski definition) is 5. The Labute approximate surface area is 176 Å². The normalized spacial score (nSPS) is 17.6. The minimum atomic E-state index is 0.272. The molecule has 1 aromatic carbocycles. The lowest BCUT2D eigenvalue weighted by atomic mass is 10.0. The summed E-state index contributed by atoms with van der Waals surface area (Å²) >= 11 is 6.44. The summed E-state index contributed by atoms with van der Waals surface area (Å²) in [4.78, 5) is 14.8. The van der Waals surface area contributed by atoms with Crippen molar-refractivity contribution in [3.63, 3.8) is 0 Å². The van der Waals surface area contributed by atoms with Crippen LogP contribution in [0.25, 0.3) is 22.2 Å². The second-order valence-electron chi connectivity index (χ2n) is 7.68. The molecule has 1 saturated heterocycles. The van der Waals surface area contributed by atoms with Gasteiger partial charge in [-0.1, -0.05) is 43.3 Å². The highest BCUT2D eigenvalue weighted by atomic mass is 35.5. The molecule has 29 heavy (non-hydrogen) atoms. The van der Waals surface area contributed by atoms with E-state index in [0.29, 0.717) is 23.4 Å². The standard InChI is InChI=1S/C22H27ClN6/c1-14(7-9-24)15(2)29-10-8-16(13-29)27-22-26-12-19(23)21(28-22)18-11-25-20-6-4-3-5-17(18)20/h3-6,11-12,14,16,25H,2,7-10,13,24H2,1H3,(H,26,27,28)/t14?,16-/m1/s1. The Kier molecular flexibility index (Phi) is 5.74. The molecule has 7 heteroatoms. The van der Waals surface area contributed by atoms with Gasteiger partial charge < -0.3 is 20.9 Å². The number of aromatic nitrogens is 3. The van der Waals surface area contributed by atoms with Crippen LogP contribution in [0.4, 0.5) is 5.95 Å². The number of halogens is 1. The number of nitrogens with two attached hydrogens (primary N) is 1. The highest BCUT2D eigenvalue weighted by molar-refractivity contribution is 6.33. The maximum atomic E-state index is 6.44. The Balaban J connectivity index is 1.50. The summed E-state index contributed by atoms with van der Waals surface area (Å²) in [7, 11) is 0. The number of rotatable bonds is 7. The van der Waals surface area contributed by atoms with E-state index in [9.17, 15) is 0 Å². The van der Waals surface area contributed by atoms with Crippen LogP contribution in [0.3, 0.4) is 0 Å². The van der Waals surface area contributed by atoms with E-state index in [2.05, 4.69) is 39.8 Å². The van der Waals surface area contributed by atoms with Gasteiger partial charge in [0.1, 0.15) is 0 Å². The average molecular weight is 411 g/mol. The van der Waals surface area contributed by atoms with E-state index in [1.165, 1.54) is 0 Å². The molecular weight excluding hydrogens is 384 g/mol. The third-order valence-corrected chi connectivity index (χ3v) is 5.96. The molecule has 0 aliphatic carbocycles. The molecule has 1 unspecified atom stereocenters. The fourth-order valence-electron chi connectivity index (χ4n) is 3.94. The number of nitrogens with one attached hydrogen (secondary N) is 2. The summed E-state index contributed by atoms with van der Waals surface area (Å²) in [6, 6.07) is 8.40. The number of allylic oxidation sites excluding steroid dienone is 1. The molecule has 0 bridgehead atoms. The summed E-state index contributed by atoms with van der Waals surface area (Å²) in [6.07, 6.45) is 5.59. The number of para-hydroxylation sites is 1. The van der Waals surface area contributed by atoms with E-state index < -0.39 is 0 Å². The topological polar surface area (TPSA) is 82.9 Å². The van der Waals surface area contributed by atoms with E-state index in [4.69, 9.17) is 22.3 Å². The first kappa shape index (κ1) is 19.7. The van der Waals surface area contributed by atoms with Gasteiger partial charge in [-0.3, -0.25) is 0 Å². The molecule has 4 N–H and O–H groups in total. The third-order valence-electron chi connectivity index (χ3n) is 5.68. The van der Waals surface area contributed by atoms with Crippen molar-refractivity contribution in [3.8, 4) is 11.3 Å². The molecule has 0 amide bonds. The van der Waals surface area contributed by atoms with E-state index in [1.54, 1.807) is 6.20 Å². The van der Waals surface area contributed by atoms with Gasteiger partial charge in [-0.15, -0.1) is 0 Å². The fraction of sp³-hybridized carbons (Fsp3) is 0.364. The van der Waals surface area contributed by atoms with Crippen LogP contribution >= 0.6 is 11.6 Å². The molecule has 4 rings (SSSR count).